The number of rotatable bonds is 6. The second-order valence-corrected chi connectivity index (χ2v) is 7.72. The summed E-state index contributed by atoms with van der Waals surface area (Å²) >= 11 is 8.99. The maximum Gasteiger partial charge on any atom is 0.0369 e. The monoisotopic (exact) mass is 415 g/mol. The van der Waals surface area contributed by atoms with Crippen LogP contribution in [0.4, 0.5) is 0 Å². The summed E-state index contributed by atoms with van der Waals surface area (Å²) in [5, 5.41) is 5.81. The van der Waals surface area contributed by atoms with Gasteiger partial charge in [0.25, 0.3) is 0 Å². The van der Waals surface area contributed by atoms with Gasteiger partial charge < -0.3 is 5.32 Å². The first kappa shape index (κ1) is 16.2. The zero-order chi connectivity index (χ0) is 14.5. The third-order valence-corrected chi connectivity index (χ3v) is 5.84. The summed E-state index contributed by atoms with van der Waals surface area (Å²) < 4.78 is 2.36. The average molecular weight is 417 g/mol. The van der Waals surface area contributed by atoms with E-state index in [2.05, 4.69) is 80.7 Å². The Hall–Kier alpha value is -0.160. The van der Waals surface area contributed by atoms with E-state index in [0.717, 1.165) is 19.4 Å². The Balaban J connectivity index is 2.19. The van der Waals surface area contributed by atoms with E-state index < -0.39 is 0 Å². The molecule has 1 nitrogen and oxygen atoms in total. The van der Waals surface area contributed by atoms with Gasteiger partial charge in [0.15, 0.2) is 0 Å². The number of halogens is 2. The number of nitrogens with one attached hydrogen (secondary N) is 1. The third kappa shape index (κ3) is 4.42. The highest BCUT2D eigenvalue weighted by Crippen LogP contribution is 2.28. The van der Waals surface area contributed by atoms with Gasteiger partial charge in [-0.15, -0.1) is 11.3 Å². The van der Waals surface area contributed by atoms with E-state index in [1.165, 1.54) is 24.9 Å². The lowest BCUT2D eigenvalue weighted by atomic mass is 10.0. The summed E-state index contributed by atoms with van der Waals surface area (Å²) in [5.74, 6) is 0. The molecule has 0 amide bonds. The van der Waals surface area contributed by atoms with Crippen molar-refractivity contribution in [2.24, 2.45) is 0 Å². The van der Waals surface area contributed by atoms with Gasteiger partial charge in [-0.1, -0.05) is 35.0 Å². The average Bonchev–Trinajstić information content (AvgIpc) is 2.83. The zero-order valence-corrected chi connectivity index (χ0v) is 15.7. The molecule has 1 aromatic heterocycles. The fraction of sp³-hybridized carbons (Fsp3) is 0.375. The van der Waals surface area contributed by atoms with Gasteiger partial charge in [0.1, 0.15) is 0 Å². The topological polar surface area (TPSA) is 12.0 Å². The van der Waals surface area contributed by atoms with Crippen molar-refractivity contribution in [1.29, 1.82) is 0 Å². The van der Waals surface area contributed by atoms with Crippen molar-refractivity contribution in [2.75, 3.05) is 6.54 Å². The molecule has 0 spiro atoms. The molecule has 1 N–H and O–H groups in total. The van der Waals surface area contributed by atoms with Crippen LogP contribution in [0.15, 0.2) is 38.6 Å². The predicted octanol–water partition coefficient (Wildman–Crippen LogP) is 5.86. The van der Waals surface area contributed by atoms with Gasteiger partial charge in [-0.05, 0) is 59.1 Å². The molecule has 1 heterocycles. The van der Waals surface area contributed by atoms with Crippen LogP contribution in [-0.4, -0.2) is 6.54 Å². The maximum atomic E-state index is 3.66. The Morgan fingerprint density at radius 2 is 2.05 bits per heavy atom. The highest BCUT2D eigenvalue weighted by Gasteiger charge is 2.13. The van der Waals surface area contributed by atoms with E-state index >= 15 is 0 Å². The molecule has 0 saturated carbocycles. The van der Waals surface area contributed by atoms with Crippen molar-refractivity contribution in [3.05, 3.63) is 54.6 Å². The normalized spacial score (nSPS) is 12.6. The highest BCUT2D eigenvalue weighted by molar-refractivity contribution is 9.10. The SMILES string of the molecule is CCCNC(Cc1cc(Br)cs1)c1ccc(C)c(Br)c1. The van der Waals surface area contributed by atoms with Gasteiger partial charge in [0.2, 0.25) is 0 Å². The van der Waals surface area contributed by atoms with Crippen molar-refractivity contribution in [2.45, 2.75) is 32.7 Å². The van der Waals surface area contributed by atoms with E-state index in [0.29, 0.717) is 6.04 Å². The van der Waals surface area contributed by atoms with Gasteiger partial charge >= 0.3 is 0 Å². The molecular formula is C16H19Br2NS. The Morgan fingerprint density at radius 1 is 1.25 bits per heavy atom. The van der Waals surface area contributed by atoms with Crippen molar-refractivity contribution in [1.82, 2.24) is 5.32 Å². The molecule has 0 bridgehead atoms. The number of thiophene rings is 1. The Kier molecular flexibility index (Phi) is 6.27. The van der Waals surface area contributed by atoms with Gasteiger partial charge in [-0.3, -0.25) is 0 Å². The fourth-order valence-electron chi connectivity index (χ4n) is 2.11. The van der Waals surface area contributed by atoms with Gasteiger partial charge in [0, 0.05) is 31.7 Å². The van der Waals surface area contributed by atoms with Crippen LogP contribution >= 0.6 is 43.2 Å². The minimum atomic E-state index is 0.373. The van der Waals surface area contributed by atoms with Gasteiger partial charge in [-0.25, -0.2) is 0 Å². The molecule has 2 rings (SSSR count). The lowest BCUT2D eigenvalue weighted by molar-refractivity contribution is 0.532. The molecule has 1 aromatic carbocycles. The molecule has 108 valence electrons. The van der Waals surface area contributed by atoms with E-state index in [9.17, 15) is 0 Å². The molecule has 0 aliphatic carbocycles. The number of hydrogen-bond acceptors (Lipinski definition) is 2. The molecule has 0 saturated heterocycles. The van der Waals surface area contributed by atoms with Crippen LogP contribution in [-0.2, 0) is 6.42 Å². The summed E-state index contributed by atoms with van der Waals surface area (Å²) in [4.78, 5) is 1.40. The van der Waals surface area contributed by atoms with Crippen LogP contribution in [0.25, 0.3) is 0 Å². The standard InChI is InChI=1S/C16H19Br2NS/c1-3-6-19-16(9-14-8-13(17)10-20-14)12-5-4-11(2)15(18)7-12/h4-5,7-8,10,16,19H,3,6,9H2,1-2H3. The van der Waals surface area contributed by atoms with Crippen LogP contribution in [0.2, 0.25) is 0 Å². The quantitative estimate of drug-likeness (QED) is 0.621. The van der Waals surface area contributed by atoms with Crippen LogP contribution in [0.5, 0.6) is 0 Å². The van der Waals surface area contributed by atoms with Crippen LogP contribution < -0.4 is 5.32 Å². The summed E-state index contributed by atoms with van der Waals surface area (Å²) in [6.45, 7) is 5.37. The van der Waals surface area contributed by atoms with Gasteiger partial charge in [-0.2, -0.15) is 0 Å². The lowest BCUT2D eigenvalue weighted by Crippen LogP contribution is -2.23. The molecule has 4 heteroatoms. The third-order valence-electron chi connectivity index (χ3n) is 3.27. The van der Waals surface area contributed by atoms with Crippen molar-refractivity contribution < 1.29 is 0 Å². The molecule has 0 fully saturated rings. The van der Waals surface area contributed by atoms with Crippen molar-refractivity contribution in [3.8, 4) is 0 Å². The molecule has 2 aromatic rings. The molecular weight excluding hydrogens is 398 g/mol. The summed E-state index contributed by atoms with van der Waals surface area (Å²) in [6, 6.07) is 9.25. The van der Waals surface area contributed by atoms with Crippen molar-refractivity contribution >= 4 is 43.2 Å². The Labute approximate surface area is 142 Å². The minimum Gasteiger partial charge on any atom is -0.310 e. The molecule has 1 unspecified atom stereocenters. The maximum absolute atomic E-state index is 3.66. The molecule has 0 aliphatic rings. The predicted molar refractivity (Wildman–Crippen MR) is 95.6 cm³/mol. The summed E-state index contributed by atoms with van der Waals surface area (Å²) in [5.41, 5.74) is 2.63. The van der Waals surface area contributed by atoms with Gasteiger partial charge in [0.05, 0.1) is 0 Å². The minimum absolute atomic E-state index is 0.373. The first-order valence-electron chi connectivity index (χ1n) is 6.82. The second kappa shape index (κ2) is 7.74. The first-order chi connectivity index (χ1) is 9.60. The number of hydrogen-bond donors (Lipinski definition) is 1. The lowest BCUT2D eigenvalue weighted by Gasteiger charge is -2.19. The smallest absolute Gasteiger partial charge is 0.0369 e. The molecule has 1 atom stereocenters. The van der Waals surface area contributed by atoms with E-state index in [1.807, 2.05) is 11.3 Å². The summed E-state index contributed by atoms with van der Waals surface area (Å²) in [7, 11) is 0. The largest absolute Gasteiger partial charge is 0.310 e. The van der Waals surface area contributed by atoms with Crippen LogP contribution in [0.1, 0.15) is 35.4 Å². The highest BCUT2D eigenvalue weighted by atomic mass is 79.9. The zero-order valence-electron chi connectivity index (χ0n) is 11.7. The first-order valence-corrected chi connectivity index (χ1v) is 9.29. The van der Waals surface area contributed by atoms with E-state index in [1.54, 1.807) is 0 Å². The molecule has 0 radical (unpaired) electrons. The second-order valence-electron chi connectivity index (χ2n) is 4.95. The molecule has 0 aliphatic heterocycles. The number of aryl methyl sites for hydroxylation is 1. The Bertz CT molecular complexity index is 565. The van der Waals surface area contributed by atoms with Crippen molar-refractivity contribution in [3.63, 3.8) is 0 Å². The fourth-order valence-corrected chi connectivity index (χ4v) is 4.01. The van der Waals surface area contributed by atoms with Crippen LogP contribution in [0, 0.1) is 6.92 Å². The van der Waals surface area contributed by atoms with E-state index in [4.69, 9.17) is 0 Å². The number of benzene rings is 1. The van der Waals surface area contributed by atoms with Crippen LogP contribution in [0.3, 0.4) is 0 Å². The Morgan fingerprint density at radius 3 is 2.65 bits per heavy atom. The molecule has 20 heavy (non-hydrogen) atoms. The summed E-state index contributed by atoms with van der Waals surface area (Å²) in [6.07, 6.45) is 2.18. The van der Waals surface area contributed by atoms with E-state index in [-0.39, 0.29) is 0 Å².